The summed E-state index contributed by atoms with van der Waals surface area (Å²) in [5.41, 5.74) is 5.49. The maximum Gasteiger partial charge on any atom is 0.223 e. The smallest absolute Gasteiger partial charge is 0.223 e. The van der Waals surface area contributed by atoms with E-state index in [1.807, 2.05) is 0 Å². The van der Waals surface area contributed by atoms with Crippen LogP contribution in [0.4, 0.5) is 11.8 Å². The van der Waals surface area contributed by atoms with Crippen LogP contribution in [0.25, 0.3) is 0 Å². The Bertz CT molecular complexity index is 373. The van der Waals surface area contributed by atoms with Gasteiger partial charge in [-0.25, -0.2) is 4.98 Å². The molecule has 2 rings (SSSR count). The van der Waals surface area contributed by atoms with E-state index in [-0.39, 0.29) is 18.0 Å². The molecule has 0 unspecified atom stereocenters. The van der Waals surface area contributed by atoms with Gasteiger partial charge in [0.2, 0.25) is 5.95 Å². The first-order valence-electron chi connectivity index (χ1n) is 5.78. The van der Waals surface area contributed by atoms with Crippen LogP contribution in [0.5, 0.6) is 0 Å². The van der Waals surface area contributed by atoms with E-state index in [9.17, 15) is 5.11 Å². The van der Waals surface area contributed by atoms with E-state index in [2.05, 4.69) is 15.3 Å². The number of aromatic nitrogens is 2. The molecule has 1 heterocycles. The molecule has 6 heteroatoms. The molecule has 0 aliphatic heterocycles. The van der Waals surface area contributed by atoms with Gasteiger partial charge in [0.15, 0.2) is 0 Å². The fourth-order valence-corrected chi connectivity index (χ4v) is 2.51. The first kappa shape index (κ1) is 12.4. The number of nitrogens with one attached hydrogen (secondary N) is 1. The van der Waals surface area contributed by atoms with Crippen molar-refractivity contribution < 1.29 is 5.11 Å². The van der Waals surface area contributed by atoms with E-state index in [1.54, 1.807) is 6.07 Å². The zero-order valence-electron chi connectivity index (χ0n) is 9.62. The molecular formula is C11H17ClN4O. The number of anilines is 2. The Hall–Kier alpha value is -1.07. The minimum atomic E-state index is -0.0216. The molecule has 0 bridgehead atoms. The van der Waals surface area contributed by atoms with Gasteiger partial charge in [-0.3, -0.25) is 0 Å². The van der Waals surface area contributed by atoms with E-state index >= 15 is 0 Å². The lowest BCUT2D eigenvalue weighted by Crippen LogP contribution is -2.30. The summed E-state index contributed by atoms with van der Waals surface area (Å²) in [7, 11) is 0. The molecule has 0 amide bonds. The standard InChI is InChI=1S/C11H17ClN4O/c12-8-5-9(16-10(13)15-8)14-6-11(7-17)3-1-2-4-11/h5,17H,1-4,6-7H2,(H3,13,14,15,16). The zero-order valence-corrected chi connectivity index (χ0v) is 10.4. The maximum absolute atomic E-state index is 9.48. The first-order chi connectivity index (χ1) is 8.13. The van der Waals surface area contributed by atoms with Gasteiger partial charge >= 0.3 is 0 Å². The van der Waals surface area contributed by atoms with Crippen LogP contribution in [-0.4, -0.2) is 28.2 Å². The van der Waals surface area contributed by atoms with Gasteiger partial charge in [-0.2, -0.15) is 4.98 Å². The Kier molecular flexibility index (Phi) is 3.69. The fraction of sp³-hybridized carbons (Fsp3) is 0.636. The van der Waals surface area contributed by atoms with E-state index in [0.717, 1.165) is 12.8 Å². The SMILES string of the molecule is Nc1nc(Cl)cc(NCC2(CO)CCCC2)n1. The number of hydrogen-bond donors (Lipinski definition) is 3. The molecule has 4 N–H and O–H groups in total. The van der Waals surface area contributed by atoms with Crippen LogP contribution in [0.1, 0.15) is 25.7 Å². The van der Waals surface area contributed by atoms with Gasteiger partial charge in [0, 0.05) is 18.0 Å². The largest absolute Gasteiger partial charge is 0.396 e. The van der Waals surface area contributed by atoms with E-state index in [0.29, 0.717) is 17.5 Å². The molecular weight excluding hydrogens is 240 g/mol. The number of nitrogens with zero attached hydrogens (tertiary/aromatic N) is 2. The summed E-state index contributed by atoms with van der Waals surface area (Å²) in [6.45, 7) is 0.893. The second-order valence-electron chi connectivity index (χ2n) is 4.65. The summed E-state index contributed by atoms with van der Waals surface area (Å²) in [6, 6.07) is 1.64. The van der Waals surface area contributed by atoms with Crippen LogP contribution >= 0.6 is 11.6 Å². The number of halogens is 1. The average molecular weight is 257 g/mol. The highest BCUT2D eigenvalue weighted by atomic mass is 35.5. The molecule has 94 valence electrons. The van der Waals surface area contributed by atoms with Gasteiger partial charge in [-0.05, 0) is 12.8 Å². The quantitative estimate of drug-likeness (QED) is 0.714. The van der Waals surface area contributed by atoms with Gasteiger partial charge in [0.1, 0.15) is 11.0 Å². The van der Waals surface area contributed by atoms with E-state index in [1.165, 1.54) is 12.8 Å². The van der Waals surface area contributed by atoms with Crippen LogP contribution in [0.15, 0.2) is 6.07 Å². The van der Waals surface area contributed by atoms with Crippen molar-refractivity contribution in [2.45, 2.75) is 25.7 Å². The van der Waals surface area contributed by atoms with Crippen molar-refractivity contribution in [2.24, 2.45) is 5.41 Å². The van der Waals surface area contributed by atoms with E-state index < -0.39 is 0 Å². The molecule has 0 radical (unpaired) electrons. The lowest BCUT2D eigenvalue weighted by molar-refractivity contribution is 0.142. The molecule has 1 aromatic heterocycles. The van der Waals surface area contributed by atoms with E-state index in [4.69, 9.17) is 17.3 Å². The van der Waals surface area contributed by atoms with Crippen molar-refractivity contribution in [3.05, 3.63) is 11.2 Å². The molecule has 1 saturated carbocycles. The summed E-state index contributed by atoms with van der Waals surface area (Å²) < 4.78 is 0. The van der Waals surface area contributed by atoms with Crippen molar-refractivity contribution in [1.29, 1.82) is 0 Å². The predicted octanol–water partition coefficient (Wildman–Crippen LogP) is 1.68. The fourth-order valence-electron chi connectivity index (χ4n) is 2.32. The molecule has 1 aromatic rings. The van der Waals surface area contributed by atoms with Crippen molar-refractivity contribution in [3.63, 3.8) is 0 Å². The van der Waals surface area contributed by atoms with Crippen LogP contribution in [-0.2, 0) is 0 Å². The number of hydrogen-bond acceptors (Lipinski definition) is 5. The number of rotatable bonds is 4. The normalized spacial score (nSPS) is 18.2. The summed E-state index contributed by atoms with van der Waals surface area (Å²) >= 11 is 5.79. The second kappa shape index (κ2) is 5.06. The lowest BCUT2D eigenvalue weighted by Gasteiger charge is -2.26. The summed E-state index contributed by atoms with van der Waals surface area (Å²) in [5.74, 6) is 0.770. The minimum Gasteiger partial charge on any atom is -0.396 e. The Labute approximate surface area is 105 Å². The molecule has 17 heavy (non-hydrogen) atoms. The molecule has 0 spiro atoms. The Morgan fingerprint density at radius 1 is 1.41 bits per heavy atom. The molecule has 0 atom stereocenters. The molecule has 1 aliphatic rings. The molecule has 1 aliphatic carbocycles. The molecule has 0 aromatic carbocycles. The monoisotopic (exact) mass is 256 g/mol. The topological polar surface area (TPSA) is 84.1 Å². The highest BCUT2D eigenvalue weighted by molar-refractivity contribution is 6.29. The van der Waals surface area contributed by atoms with Crippen LogP contribution in [0, 0.1) is 5.41 Å². The summed E-state index contributed by atoms with van der Waals surface area (Å²) in [5, 5.41) is 13.0. The number of nitrogens with two attached hydrogens (primary N) is 1. The third-order valence-corrected chi connectivity index (χ3v) is 3.55. The van der Waals surface area contributed by atoms with Gasteiger partial charge in [0.25, 0.3) is 0 Å². The maximum atomic E-state index is 9.48. The molecule has 0 saturated heterocycles. The van der Waals surface area contributed by atoms with Crippen LogP contribution in [0.3, 0.4) is 0 Å². The van der Waals surface area contributed by atoms with Crippen molar-refractivity contribution >= 4 is 23.4 Å². The Morgan fingerprint density at radius 2 is 2.12 bits per heavy atom. The third-order valence-electron chi connectivity index (χ3n) is 3.36. The minimum absolute atomic E-state index is 0.0216. The zero-order chi connectivity index (χ0) is 12.3. The summed E-state index contributed by atoms with van der Waals surface area (Å²) in [6.07, 6.45) is 4.44. The molecule has 1 fully saturated rings. The van der Waals surface area contributed by atoms with Crippen molar-refractivity contribution in [3.8, 4) is 0 Å². The van der Waals surface area contributed by atoms with Crippen LogP contribution in [0.2, 0.25) is 5.15 Å². The van der Waals surface area contributed by atoms with Gasteiger partial charge in [-0.1, -0.05) is 24.4 Å². The number of aliphatic hydroxyl groups is 1. The number of nitrogen functional groups attached to an aromatic ring is 1. The highest BCUT2D eigenvalue weighted by Gasteiger charge is 2.32. The first-order valence-corrected chi connectivity index (χ1v) is 6.16. The predicted molar refractivity (Wildman–Crippen MR) is 67.9 cm³/mol. The van der Waals surface area contributed by atoms with Crippen molar-refractivity contribution in [1.82, 2.24) is 9.97 Å². The van der Waals surface area contributed by atoms with Crippen LogP contribution < -0.4 is 11.1 Å². The van der Waals surface area contributed by atoms with Crippen molar-refractivity contribution in [2.75, 3.05) is 24.2 Å². The number of aliphatic hydroxyl groups excluding tert-OH is 1. The van der Waals surface area contributed by atoms with Gasteiger partial charge < -0.3 is 16.2 Å². The average Bonchev–Trinajstić information content (AvgIpc) is 2.74. The second-order valence-corrected chi connectivity index (χ2v) is 5.04. The third kappa shape index (κ3) is 2.98. The van der Waals surface area contributed by atoms with Gasteiger partial charge in [-0.15, -0.1) is 0 Å². The summed E-state index contributed by atoms with van der Waals surface area (Å²) in [4.78, 5) is 7.84. The molecule has 5 nitrogen and oxygen atoms in total. The Balaban J connectivity index is 2.01. The Morgan fingerprint density at radius 3 is 2.71 bits per heavy atom. The van der Waals surface area contributed by atoms with Gasteiger partial charge in [0.05, 0.1) is 6.61 Å². The lowest BCUT2D eigenvalue weighted by atomic mass is 9.87. The highest BCUT2D eigenvalue weighted by Crippen LogP contribution is 2.37.